The molecule has 3 N–H and O–H groups in total. The monoisotopic (exact) mass is 1100 g/mol. The first kappa shape index (κ1) is 53.9. The lowest BCUT2D eigenvalue weighted by Crippen LogP contribution is -2.37. The zero-order chi connectivity index (χ0) is 53.4. The summed E-state index contributed by atoms with van der Waals surface area (Å²) in [5.41, 5.74) is 18.5. The molecular formula is C60H61Cl3F2N8O4. The number of nitrogens with zero attached hydrogens (tertiary/aromatic N) is 6. The largest absolute Gasteiger partial charge is 0.397 e. The van der Waals surface area contributed by atoms with E-state index in [0.29, 0.717) is 61.8 Å². The van der Waals surface area contributed by atoms with Crippen molar-refractivity contribution in [2.24, 2.45) is 0 Å². The molecule has 0 spiro atoms. The van der Waals surface area contributed by atoms with E-state index in [2.05, 4.69) is 66.3 Å². The summed E-state index contributed by atoms with van der Waals surface area (Å²) >= 11 is 18.7. The third-order valence-electron chi connectivity index (χ3n) is 14.3. The van der Waals surface area contributed by atoms with Gasteiger partial charge in [0.1, 0.15) is 11.6 Å². The molecule has 6 aromatic carbocycles. The minimum Gasteiger partial charge on any atom is -0.397 e. The maximum Gasteiger partial charge on any atom is 0.132 e. The van der Waals surface area contributed by atoms with E-state index >= 15 is 0 Å². The molecule has 0 aliphatic carbocycles. The van der Waals surface area contributed by atoms with Crippen molar-refractivity contribution < 1.29 is 27.7 Å². The Morgan fingerprint density at radius 1 is 0.481 bits per heavy atom. The fourth-order valence-electron chi connectivity index (χ4n) is 10.1. The summed E-state index contributed by atoms with van der Waals surface area (Å²) in [6, 6.07) is 37.2. The van der Waals surface area contributed by atoms with Crippen molar-refractivity contribution in [2.45, 2.75) is 13.8 Å². The third kappa shape index (κ3) is 12.5. The number of morpholine rings is 4. The van der Waals surface area contributed by atoms with E-state index in [0.717, 1.165) is 148 Å². The summed E-state index contributed by atoms with van der Waals surface area (Å²) in [6.07, 6.45) is 0. The molecule has 17 heteroatoms. The van der Waals surface area contributed by atoms with Gasteiger partial charge in [0.15, 0.2) is 0 Å². The van der Waals surface area contributed by atoms with Crippen molar-refractivity contribution in [3.8, 4) is 22.5 Å². The quantitative estimate of drug-likeness (QED) is 0.141. The van der Waals surface area contributed by atoms with Crippen LogP contribution in [-0.2, 0) is 18.9 Å². The Balaban J connectivity index is 0.000000145. The predicted octanol–water partition coefficient (Wildman–Crippen LogP) is 13.0. The molecule has 12 nitrogen and oxygen atoms in total. The van der Waals surface area contributed by atoms with Gasteiger partial charge in [-0.2, -0.15) is 0 Å². The van der Waals surface area contributed by atoms with Crippen LogP contribution in [0.4, 0.5) is 48.6 Å². The first-order valence-electron chi connectivity index (χ1n) is 26.0. The maximum absolute atomic E-state index is 14.9. The number of hydrogen-bond acceptors (Lipinski definition) is 12. The average Bonchev–Trinajstić information content (AvgIpc) is 3.46. The molecule has 2 aromatic heterocycles. The van der Waals surface area contributed by atoms with Gasteiger partial charge in [-0.1, -0.05) is 59.1 Å². The predicted molar refractivity (Wildman–Crippen MR) is 311 cm³/mol. The normalized spacial score (nSPS) is 15.9. The molecule has 0 radical (unpaired) electrons. The van der Waals surface area contributed by atoms with Gasteiger partial charge in [-0.3, -0.25) is 0 Å². The zero-order valence-electron chi connectivity index (χ0n) is 43.1. The minimum atomic E-state index is -0.319. The van der Waals surface area contributed by atoms with Crippen LogP contribution in [0.5, 0.6) is 0 Å². The summed E-state index contributed by atoms with van der Waals surface area (Å²) in [6.45, 7) is 16.9. The second-order valence-corrected chi connectivity index (χ2v) is 20.4. The lowest BCUT2D eigenvalue weighted by Gasteiger charge is -2.33. The highest BCUT2D eigenvalue weighted by Gasteiger charge is 2.23. The molecule has 8 aromatic rings. The van der Waals surface area contributed by atoms with Gasteiger partial charge in [0.25, 0.3) is 0 Å². The highest BCUT2D eigenvalue weighted by Crippen LogP contribution is 2.41. The summed E-state index contributed by atoms with van der Waals surface area (Å²) < 4.78 is 50.8. The van der Waals surface area contributed by atoms with Gasteiger partial charge in [0.2, 0.25) is 0 Å². The number of ether oxygens (including phenoxy) is 4. The number of benzene rings is 6. The van der Waals surface area contributed by atoms with Crippen LogP contribution in [0.2, 0.25) is 15.1 Å². The smallest absolute Gasteiger partial charge is 0.132 e. The number of hydrogen-bond donors (Lipinski definition) is 2. The number of pyridine rings is 2. The van der Waals surface area contributed by atoms with Crippen LogP contribution < -0.4 is 30.7 Å². The number of fused-ring (bicyclic) bond motifs is 2. The van der Waals surface area contributed by atoms with Crippen molar-refractivity contribution >= 4 is 96.4 Å². The van der Waals surface area contributed by atoms with E-state index in [-0.39, 0.29) is 11.6 Å². The molecule has 6 heterocycles. The van der Waals surface area contributed by atoms with Gasteiger partial charge in [-0.25, -0.2) is 18.7 Å². The topological polar surface area (TPSA) is 114 Å². The number of aromatic nitrogens is 2. The molecule has 4 saturated heterocycles. The maximum atomic E-state index is 14.9. The SMILES string of the molecule is Cc1c(-c2ccccc2F)nc2cc(Cl)ccc2c1Cl.Cc1c(-c2ccccc2F)nc2cc(Cl)ccc2c1Nc1cc(N2CCOCC2)ccc1N1CCOCC1.Nc1cc(N2CCOCC2)ccc1N1CCOCC1. The minimum absolute atomic E-state index is 0.307. The van der Waals surface area contributed by atoms with E-state index in [1.165, 1.54) is 17.8 Å². The third-order valence-corrected chi connectivity index (χ3v) is 15.2. The van der Waals surface area contributed by atoms with Crippen LogP contribution in [0, 0.1) is 25.5 Å². The molecule has 4 fully saturated rings. The van der Waals surface area contributed by atoms with E-state index in [4.69, 9.17) is 64.5 Å². The van der Waals surface area contributed by atoms with Gasteiger partial charge in [-0.05, 0) is 122 Å². The molecule has 77 heavy (non-hydrogen) atoms. The molecule has 0 saturated carbocycles. The molecule has 0 bridgehead atoms. The Morgan fingerprint density at radius 3 is 1.42 bits per heavy atom. The number of nitrogens with two attached hydrogens (primary N) is 1. The first-order chi connectivity index (χ1) is 37.5. The first-order valence-corrected chi connectivity index (χ1v) is 27.1. The number of halogens is 5. The zero-order valence-corrected chi connectivity index (χ0v) is 45.4. The molecule has 12 rings (SSSR count). The van der Waals surface area contributed by atoms with Crippen LogP contribution >= 0.6 is 34.8 Å². The van der Waals surface area contributed by atoms with Crippen molar-refractivity contribution in [3.05, 3.63) is 159 Å². The summed E-state index contributed by atoms with van der Waals surface area (Å²) in [5, 5.41) is 7.24. The standard InChI is InChI=1S/C30H30ClFN4O2.C16H10Cl2FN.C14H21N3O2/c1-20-29(23-4-2-3-5-25(23)32)33-26-18-21(31)6-8-24(26)30(20)34-27-19-22(35-10-14-37-15-11-35)7-9-28(27)36-12-16-38-17-13-36;1-9-15(18)12-7-6-10(17)8-14(12)20-16(9)11-4-2-3-5-13(11)19;15-13-11-12(16-3-7-18-8-4-16)1-2-14(13)17-5-9-19-10-6-17/h2-9,18-19H,10-17H2,1H3,(H,33,34);2-8H,1H3;1-2,11H,3-10,15H2. The number of rotatable bonds is 8. The van der Waals surface area contributed by atoms with Crippen LogP contribution in [0.3, 0.4) is 0 Å². The number of nitrogen functional groups attached to an aromatic ring is 1. The van der Waals surface area contributed by atoms with Crippen molar-refractivity contribution in [2.75, 3.05) is 136 Å². The summed E-state index contributed by atoms with van der Waals surface area (Å²) in [4.78, 5) is 18.7. The molecule has 4 aliphatic rings. The lowest BCUT2D eigenvalue weighted by atomic mass is 10.0. The van der Waals surface area contributed by atoms with Crippen molar-refractivity contribution in [1.82, 2.24) is 9.97 Å². The Morgan fingerprint density at radius 2 is 0.909 bits per heavy atom. The second-order valence-electron chi connectivity index (χ2n) is 19.1. The van der Waals surface area contributed by atoms with Crippen molar-refractivity contribution in [1.29, 1.82) is 0 Å². The van der Waals surface area contributed by atoms with Crippen LogP contribution in [0.25, 0.3) is 44.3 Å². The highest BCUT2D eigenvalue weighted by atomic mass is 35.5. The molecule has 4 aliphatic heterocycles. The van der Waals surface area contributed by atoms with Crippen LogP contribution in [-0.4, -0.2) is 115 Å². The Labute approximate surface area is 463 Å². The van der Waals surface area contributed by atoms with Gasteiger partial charge < -0.3 is 49.6 Å². The Kier molecular flexibility index (Phi) is 17.4. The molecule has 0 unspecified atom stereocenters. The number of nitrogens with one attached hydrogen (secondary N) is 1. The highest BCUT2D eigenvalue weighted by molar-refractivity contribution is 6.37. The lowest BCUT2D eigenvalue weighted by molar-refractivity contribution is 0.122. The summed E-state index contributed by atoms with van der Waals surface area (Å²) in [5.74, 6) is -0.626. The summed E-state index contributed by atoms with van der Waals surface area (Å²) in [7, 11) is 0. The van der Waals surface area contributed by atoms with E-state index < -0.39 is 0 Å². The van der Waals surface area contributed by atoms with E-state index in [9.17, 15) is 8.78 Å². The fourth-order valence-corrected chi connectivity index (χ4v) is 10.7. The van der Waals surface area contributed by atoms with Crippen LogP contribution in [0.1, 0.15) is 11.1 Å². The molecule has 0 atom stereocenters. The number of anilines is 7. The molecular weight excluding hydrogens is 1040 g/mol. The van der Waals surface area contributed by atoms with Gasteiger partial charge in [0, 0.05) is 95.7 Å². The molecule has 0 amide bonds. The second kappa shape index (κ2) is 24.9. The average molecular weight is 1100 g/mol. The van der Waals surface area contributed by atoms with E-state index in [1.807, 2.05) is 44.2 Å². The van der Waals surface area contributed by atoms with E-state index in [1.54, 1.807) is 42.5 Å². The van der Waals surface area contributed by atoms with Crippen LogP contribution in [0.15, 0.2) is 121 Å². The molecule has 400 valence electrons. The van der Waals surface area contributed by atoms with Gasteiger partial charge in [0.05, 0.1) is 109 Å². The Bertz CT molecular complexity index is 3370. The van der Waals surface area contributed by atoms with Crippen molar-refractivity contribution in [3.63, 3.8) is 0 Å². The van der Waals surface area contributed by atoms with Gasteiger partial charge in [-0.15, -0.1) is 0 Å². The van der Waals surface area contributed by atoms with Gasteiger partial charge >= 0.3 is 0 Å². The Hall–Kier alpha value is -6.49. The fraction of sp³-hybridized carbons (Fsp3) is 0.300.